The highest BCUT2D eigenvalue weighted by atomic mass is 79.9. The van der Waals surface area contributed by atoms with Crippen molar-refractivity contribution in [1.82, 2.24) is 0 Å². The maximum absolute atomic E-state index is 5.06. The minimum atomic E-state index is 1.12. The van der Waals surface area contributed by atoms with Crippen LogP contribution in [-0.4, -0.2) is 7.11 Å². The van der Waals surface area contributed by atoms with E-state index in [1.54, 1.807) is 13.4 Å². The van der Waals surface area contributed by atoms with Crippen LogP contribution in [0.2, 0.25) is 0 Å². The van der Waals surface area contributed by atoms with Crippen LogP contribution in [0.4, 0.5) is 0 Å². The van der Waals surface area contributed by atoms with E-state index in [1.165, 1.54) is 21.9 Å². The minimum Gasteiger partial charge on any atom is -0.504 e. The van der Waals surface area contributed by atoms with Crippen LogP contribution in [0.25, 0.3) is 28.0 Å². The first-order valence-electron chi connectivity index (χ1n) is 6.77. The lowest BCUT2D eigenvalue weighted by Crippen LogP contribution is -1.86. The van der Waals surface area contributed by atoms with E-state index in [0.717, 1.165) is 10.0 Å². The number of methoxy groups -OCH3 is 1. The SMILES string of the molecule is COC=Cc1ccccc1-c1ccc(Br)c2ccccc12. The lowest BCUT2D eigenvalue weighted by atomic mass is 9.95. The molecule has 3 rings (SSSR count). The van der Waals surface area contributed by atoms with Crippen molar-refractivity contribution in [2.24, 2.45) is 0 Å². The summed E-state index contributed by atoms with van der Waals surface area (Å²) in [5.74, 6) is 0. The first kappa shape index (κ1) is 13.9. The lowest BCUT2D eigenvalue weighted by molar-refractivity contribution is 0.341. The molecule has 0 aromatic heterocycles. The van der Waals surface area contributed by atoms with Crippen molar-refractivity contribution in [2.75, 3.05) is 7.11 Å². The Bertz CT molecular complexity index is 806. The minimum absolute atomic E-state index is 1.12. The van der Waals surface area contributed by atoms with Crippen LogP contribution in [-0.2, 0) is 4.74 Å². The molecular weight excluding hydrogens is 324 g/mol. The van der Waals surface area contributed by atoms with Gasteiger partial charge in [0.25, 0.3) is 0 Å². The summed E-state index contributed by atoms with van der Waals surface area (Å²) in [6.07, 6.45) is 3.70. The molecule has 0 spiro atoms. The number of ether oxygens (including phenoxy) is 1. The average Bonchev–Trinajstić information content (AvgIpc) is 2.54. The maximum Gasteiger partial charge on any atom is 0.0830 e. The Morgan fingerprint density at radius 2 is 1.52 bits per heavy atom. The van der Waals surface area contributed by atoms with Crippen molar-refractivity contribution in [3.05, 3.63) is 77.0 Å². The first-order chi connectivity index (χ1) is 10.3. The molecule has 0 N–H and O–H groups in total. The second kappa shape index (κ2) is 6.15. The second-order valence-corrected chi connectivity index (χ2v) is 5.62. The summed E-state index contributed by atoms with van der Waals surface area (Å²) in [5.41, 5.74) is 3.58. The third kappa shape index (κ3) is 2.72. The second-order valence-electron chi connectivity index (χ2n) is 4.77. The Morgan fingerprint density at radius 1 is 0.810 bits per heavy atom. The summed E-state index contributed by atoms with van der Waals surface area (Å²) in [4.78, 5) is 0. The predicted molar refractivity (Wildman–Crippen MR) is 93.1 cm³/mol. The van der Waals surface area contributed by atoms with Gasteiger partial charge in [-0.1, -0.05) is 70.5 Å². The van der Waals surface area contributed by atoms with E-state index in [2.05, 4.69) is 70.5 Å². The summed E-state index contributed by atoms with van der Waals surface area (Å²) >= 11 is 3.63. The van der Waals surface area contributed by atoms with Crippen LogP contribution in [0.15, 0.2) is 71.4 Å². The molecule has 21 heavy (non-hydrogen) atoms. The molecule has 0 aliphatic heterocycles. The fourth-order valence-corrected chi connectivity index (χ4v) is 3.00. The number of hydrogen-bond donors (Lipinski definition) is 0. The molecule has 3 aromatic carbocycles. The fourth-order valence-electron chi connectivity index (χ4n) is 2.53. The van der Waals surface area contributed by atoms with Gasteiger partial charge in [0.2, 0.25) is 0 Å². The van der Waals surface area contributed by atoms with E-state index in [-0.39, 0.29) is 0 Å². The largest absolute Gasteiger partial charge is 0.504 e. The highest BCUT2D eigenvalue weighted by Gasteiger charge is 2.08. The normalized spacial score (nSPS) is 11.1. The van der Waals surface area contributed by atoms with E-state index in [1.807, 2.05) is 12.1 Å². The Morgan fingerprint density at radius 3 is 2.33 bits per heavy atom. The Kier molecular flexibility index (Phi) is 4.07. The van der Waals surface area contributed by atoms with Gasteiger partial charge in [0, 0.05) is 4.47 Å². The predicted octanol–water partition coefficient (Wildman–Crippen LogP) is 5.89. The molecule has 0 unspecified atom stereocenters. The van der Waals surface area contributed by atoms with E-state index in [4.69, 9.17) is 4.74 Å². The zero-order valence-electron chi connectivity index (χ0n) is 11.7. The maximum atomic E-state index is 5.06. The smallest absolute Gasteiger partial charge is 0.0830 e. The van der Waals surface area contributed by atoms with E-state index in [0.29, 0.717) is 0 Å². The summed E-state index contributed by atoms with van der Waals surface area (Å²) in [6, 6.07) is 21.0. The molecule has 104 valence electrons. The standard InChI is InChI=1S/C19H15BrO/c1-21-13-12-14-6-2-3-7-15(14)17-10-11-19(20)18-9-5-4-8-16(17)18/h2-13H,1H3. The van der Waals surface area contributed by atoms with Crippen LogP contribution >= 0.6 is 15.9 Å². The van der Waals surface area contributed by atoms with Crippen molar-refractivity contribution in [2.45, 2.75) is 0 Å². The van der Waals surface area contributed by atoms with Crippen molar-refractivity contribution < 1.29 is 4.74 Å². The third-order valence-corrected chi connectivity index (χ3v) is 4.20. The van der Waals surface area contributed by atoms with Crippen LogP contribution in [0.5, 0.6) is 0 Å². The summed E-state index contributed by atoms with van der Waals surface area (Å²) in [5, 5.41) is 2.46. The zero-order chi connectivity index (χ0) is 14.7. The van der Waals surface area contributed by atoms with Gasteiger partial charge in [0.15, 0.2) is 0 Å². The molecule has 2 heteroatoms. The molecule has 0 radical (unpaired) electrons. The van der Waals surface area contributed by atoms with Crippen molar-refractivity contribution in [1.29, 1.82) is 0 Å². The van der Waals surface area contributed by atoms with Crippen molar-refractivity contribution in [3.63, 3.8) is 0 Å². The number of rotatable bonds is 3. The quantitative estimate of drug-likeness (QED) is 0.541. The van der Waals surface area contributed by atoms with Crippen molar-refractivity contribution >= 4 is 32.8 Å². The first-order valence-corrected chi connectivity index (χ1v) is 7.56. The summed E-state index contributed by atoms with van der Waals surface area (Å²) in [6.45, 7) is 0. The molecule has 0 fully saturated rings. The number of halogens is 1. The third-order valence-electron chi connectivity index (χ3n) is 3.51. The zero-order valence-corrected chi connectivity index (χ0v) is 13.3. The lowest BCUT2D eigenvalue weighted by Gasteiger charge is -2.11. The Balaban J connectivity index is 2.27. The van der Waals surface area contributed by atoms with Crippen LogP contribution in [0.3, 0.4) is 0 Å². The van der Waals surface area contributed by atoms with Crippen molar-refractivity contribution in [3.8, 4) is 11.1 Å². The van der Waals surface area contributed by atoms with Gasteiger partial charge in [-0.25, -0.2) is 0 Å². The molecule has 0 aliphatic carbocycles. The molecule has 0 saturated heterocycles. The Hall–Kier alpha value is -2.06. The van der Waals surface area contributed by atoms with Gasteiger partial charge in [-0.05, 0) is 39.6 Å². The molecule has 0 heterocycles. The van der Waals surface area contributed by atoms with Gasteiger partial charge in [0.1, 0.15) is 0 Å². The molecule has 3 aromatic rings. The molecule has 0 atom stereocenters. The summed E-state index contributed by atoms with van der Waals surface area (Å²) < 4.78 is 6.17. The molecular formula is C19H15BrO. The fraction of sp³-hybridized carbons (Fsp3) is 0.0526. The van der Waals surface area contributed by atoms with Gasteiger partial charge < -0.3 is 4.74 Å². The Labute approximate surface area is 133 Å². The monoisotopic (exact) mass is 338 g/mol. The highest BCUT2D eigenvalue weighted by molar-refractivity contribution is 9.10. The molecule has 0 bridgehead atoms. The van der Waals surface area contributed by atoms with Crippen LogP contribution in [0, 0.1) is 0 Å². The van der Waals surface area contributed by atoms with Gasteiger partial charge in [-0.3, -0.25) is 0 Å². The highest BCUT2D eigenvalue weighted by Crippen LogP contribution is 2.35. The molecule has 0 aliphatic rings. The number of hydrogen-bond acceptors (Lipinski definition) is 1. The number of benzene rings is 3. The van der Waals surface area contributed by atoms with E-state index in [9.17, 15) is 0 Å². The van der Waals surface area contributed by atoms with E-state index >= 15 is 0 Å². The average molecular weight is 339 g/mol. The van der Waals surface area contributed by atoms with Gasteiger partial charge >= 0.3 is 0 Å². The van der Waals surface area contributed by atoms with Gasteiger partial charge in [-0.15, -0.1) is 0 Å². The van der Waals surface area contributed by atoms with E-state index < -0.39 is 0 Å². The molecule has 0 saturated carbocycles. The van der Waals surface area contributed by atoms with Gasteiger partial charge in [-0.2, -0.15) is 0 Å². The molecule has 1 nitrogen and oxygen atoms in total. The van der Waals surface area contributed by atoms with Gasteiger partial charge in [0.05, 0.1) is 13.4 Å². The van der Waals surface area contributed by atoms with Crippen LogP contribution < -0.4 is 0 Å². The molecule has 0 amide bonds. The number of fused-ring (bicyclic) bond motifs is 1. The van der Waals surface area contributed by atoms with Crippen LogP contribution in [0.1, 0.15) is 5.56 Å². The summed E-state index contributed by atoms with van der Waals surface area (Å²) in [7, 11) is 1.66. The topological polar surface area (TPSA) is 9.23 Å².